The van der Waals surface area contributed by atoms with Crippen LogP contribution in [0.5, 0.6) is 0 Å². The topological polar surface area (TPSA) is 59.1 Å². The maximum Gasteiger partial charge on any atom is 0.266 e. The number of rotatable bonds is 3. The third-order valence-electron chi connectivity index (χ3n) is 2.36. The Morgan fingerprint density at radius 3 is 2.35 bits per heavy atom. The number of nitrogens with zero attached hydrogens (tertiary/aromatic N) is 1. The van der Waals surface area contributed by atoms with Crippen LogP contribution < -0.4 is 4.72 Å². The molecule has 0 fully saturated rings. The molecule has 20 heavy (non-hydrogen) atoms. The van der Waals surface area contributed by atoms with Gasteiger partial charge in [0.2, 0.25) is 0 Å². The number of benzene rings is 1. The van der Waals surface area contributed by atoms with Crippen molar-refractivity contribution in [2.75, 3.05) is 4.72 Å². The average Bonchev–Trinajstić information content (AvgIpc) is 2.25. The molecular weight excluding hydrogens is 387 g/mol. The molecule has 1 aromatic heterocycles. The van der Waals surface area contributed by atoms with E-state index in [2.05, 4.69) is 25.6 Å². The number of hydrogen-bond acceptors (Lipinski definition) is 3. The number of aryl methyl sites for hydroxylation is 1. The zero-order valence-corrected chi connectivity index (χ0v) is 14.1. The van der Waals surface area contributed by atoms with Crippen LogP contribution in [0.3, 0.4) is 0 Å². The van der Waals surface area contributed by atoms with Gasteiger partial charge in [0.25, 0.3) is 10.0 Å². The van der Waals surface area contributed by atoms with E-state index in [4.69, 9.17) is 23.2 Å². The molecule has 1 N–H and O–H groups in total. The van der Waals surface area contributed by atoms with Gasteiger partial charge in [0.15, 0.2) is 0 Å². The second kappa shape index (κ2) is 5.89. The van der Waals surface area contributed by atoms with Crippen LogP contribution in [0.25, 0.3) is 0 Å². The molecule has 0 atom stereocenters. The Hall–Kier alpha value is -0.820. The standard InChI is InChI=1S/C12H9BrCl2N2O2S/c1-7-3-2-4-11(16-7)17-20(18,19)12-9(14)5-8(13)6-10(12)15/h2-6H,1H3,(H,16,17). The molecule has 1 aromatic carbocycles. The Kier molecular flexibility index (Phi) is 4.59. The molecule has 0 saturated carbocycles. The fourth-order valence-electron chi connectivity index (χ4n) is 1.57. The molecule has 2 rings (SSSR count). The molecule has 8 heteroatoms. The van der Waals surface area contributed by atoms with Crippen molar-refractivity contribution in [1.82, 2.24) is 4.98 Å². The van der Waals surface area contributed by atoms with Crippen LogP contribution in [0.4, 0.5) is 5.82 Å². The number of sulfonamides is 1. The summed E-state index contributed by atoms with van der Waals surface area (Å²) in [6.45, 7) is 1.76. The van der Waals surface area contributed by atoms with Crippen LogP contribution in [0.1, 0.15) is 5.69 Å². The van der Waals surface area contributed by atoms with Crippen LogP contribution >= 0.6 is 39.1 Å². The summed E-state index contributed by atoms with van der Waals surface area (Å²) in [7, 11) is -3.91. The Morgan fingerprint density at radius 1 is 1.20 bits per heavy atom. The van der Waals surface area contributed by atoms with Gasteiger partial charge in [0.1, 0.15) is 10.7 Å². The lowest BCUT2D eigenvalue weighted by atomic mass is 10.4. The van der Waals surface area contributed by atoms with E-state index >= 15 is 0 Å². The van der Waals surface area contributed by atoms with E-state index in [1.54, 1.807) is 25.1 Å². The SMILES string of the molecule is Cc1cccc(NS(=O)(=O)c2c(Cl)cc(Br)cc2Cl)n1. The highest BCUT2D eigenvalue weighted by Crippen LogP contribution is 2.33. The zero-order chi connectivity index (χ0) is 14.9. The highest BCUT2D eigenvalue weighted by Gasteiger charge is 2.23. The zero-order valence-electron chi connectivity index (χ0n) is 10.2. The summed E-state index contributed by atoms with van der Waals surface area (Å²) in [5.41, 5.74) is 0.693. The van der Waals surface area contributed by atoms with Crippen molar-refractivity contribution >= 4 is 55.0 Å². The average molecular weight is 396 g/mol. The van der Waals surface area contributed by atoms with Crippen molar-refractivity contribution in [3.05, 3.63) is 50.5 Å². The molecule has 1 heterocycles. The monoisotopic (exact) mass is 394 g/mol. The van der Waals surface area contributed by atoms with Gasteiger partial charge >= 0.3 is 0 Å². The van der Waals surface area contributed by atoms with Gasteiger partial charge in [0.05, 0.1) is 10.0 Å². The summed E-state index contributed by atoms with van der Waals surface area (Å²) in [5, 5.41) is 0.0639. The minimum absolute atomic E-state index is 0.0320. The van der Waals surface area contributed by atoms with Gasteiger partial charge in [-0.25, -0.2) is 13.4 Å². The van der Waals surface area contributed by atoms with Gasteiger partial charge in [0, 0.05) is 10.2 Å². The quantitative estimate of drug-likeness (QED) is 0.844. The van der Waals surface area contributed by atoms with Gasteiger partial charge in [-0.05, 0) is 31.2 Å². The van der Waals surface area contributed by atoms with Crippen LogP contribution in [-0.4, -0.2) is 13.4 Å². The van der Waals surface area contributed by atoms with Crippen LogP contribution in [0.15, 0.2) is 39.7 Å². The van der Waals surface area contributed by atoms with E-state index in [9.17, 15) is 8.42 Å². The lowest BCUT2D eigenvalue weighted by Crippen LogP contribution is -2.15. The van der Waals surface area contributed by atoms with Crippen LogP contribution in [0.2, 0.25) is 10.0 Å². The Labute approximate surface area is 135 Å². The molecular formula is C12H9BrCl2N2O2S. The van der Waals surface area contributed by atoms with Crippen LogP contribution in [-0.2, 0) is 10.0 Å². The van der Waals surface area contributed by atoms with E-state index < -0.39 is 10.0 Å². The maximum absolute atomic E-state index is 12.3. The predicted octanol–water partition coefficient (Wildman–Crippen LogP) is 4.26. The highest BCUT2D eigenvalue weighted by atomic mass is 79.9. The van der Waals surface area contributed by atoms with E-state index in [0.29, 0.717) is 10.2 Å². The first-order valence-electron chi connectivity index (χ1n) is 5.40. The van der Waals surface area contributed by atoms with Crippen molar-refractivity contribution in [2.45, 2.75) is 11.8 Å². The van der Waals surface area contributed by atoms with Crippen molar-refractivity contribution in [3.8, 4) is 0 Å². The predicted molar refractivity (Wildman–Crippen MR) is 83.9 cm³/mol. The summed E-state index contributed by atoms with van der Waals surface area (Å²) in [6.07, 6.45) is 0. The van der Waals surface area contributed by atoms with Gasteiger partial charge in [-0.1, -0.05) is 45.2 Å². The van der Waals surface area contributed by atoms with Crippen molar-refractivity contribution < 1.29 is 8.42 Å². The molecule has 106 valence electrons. The molecule has 0 saturated heterocycles. The summed E-state index contributed by atoms with van der Waals surface area (Å²) < 4.78 is 27.6. The third kappa shape index (κ3) is 3.44. The number of hydrogen-bond donors (Lipinski definition) is 1. The molecule has 0 amide bonds. The van der Waals surface area contributed by atoms with Crippen molar-refractivity contribution in [2.24, 2.45) is 0 Å². The number of nitrogens with one attached hydrogen (secondary N) is 1. The number of anilines is 1. The Balaban J connectivity index is 2.46. The number of pyridine rings is 1. The second-order valence-corrected chi connectivity index (χ2v) is 7.32. The van der Waals surface area contributed by atoms with Crippen LogP contribution in [0, 0.1) is 6.92 Å². The molecule has 2 aromatic rings. The minimum Gasteiger partial charge on any atom is -0.263 e. The lowest BCUT2D eigenvalue weighted by molar-refractivity contribution is 0.601. The molecule has 0 aliphatic heterocycles. The van der Waals surface area contributed by atoms with E-state index in [1.165, 1.54) is 12.1 Å². The van der Waals surface area contributed by atoms with Crippen molar-refractivity contribution in [3.63, 3.8) is 0 Å². The first-order chi connectivity index (χ1) is 9.29. The maximum atomic E-state index is 12.3. The number of halogens is 3. The first kappa shape index (κ1) is 15.6. The molecule has 0 radical (unpaired) electrons. The van der Waals surface area contributed by atoms with E-state index in [-0.39, 0.29) is 20.8 Å². The molecule has 0 bridgehead atoms. The molecule has 4 nitrogen and oxygen atoms in total. The Bertz CT molecular complexity index is 743. The number of aromatic nitrogens is 1. The largest absolute Gasteiger partial charge is 0.266 e. The normalized spacial score (nSPS) is 11.4. The Morgan fingerprint density at radius 2 is 1.80 bits per heavy atom. The van der Waals surface area contributed by atoms with Crippen molar-refractivity contribution in [1.29, 1.82) is 0 Å². The summed E-state index contributed by atoms with van der Waals surface area (Å²) in [5.74, 6) is 0.208. The highest BCUT2D eigenvalue weighted by molar-refractivity contribution is 9.10. The fourth-order valence-corrected chi connectivity index (χ4v) is 4.51. The summed E-state index contributed by atoms with van der Waals surface area (Å²) in [6, 6.07) is 7.94. The molecule has 0 unspecified atom stereocenters. The van der Waals surface area contributed by atoms with E-state index in [0.717, 1.165) is 0 Å². The third-order valence-corrected chi connectivity index (χ3v) is 5.09. The van der Waals surface area contributed by atoms with Gasteiger partial charge in [-0.15, -0.1) is 0 Å². The molecule has 0 aliphatic rings. The first-order valence-corrected chi connectivity index (χ1v) is 8.44. The minimum atomic E-state index is -3.91. The second-order valence-electron chi connectivity index (χ2n) is 3.97. The molecule has 0 aliphatic carbocycles. The van der Waals surface area contributed by atoms with Gasteiger partial charge < -0.3 is 0 Å². The molecule has 0 spiro atoms. The van der Waals surface area contributed by atoms with Gasteiger partial charge in [-0.3, -0.25) is 4.72 Å². The lowest BCUT2D eigenvalue weighted by Gasteiger charge is -2.11. The summed E-state index contributed by atoms with van der Waals surface area (Å²) in [4.78, 5) is 3.90. The van der Waals surface area contributed by atoms with Gasteiger partial charge in [-0.2, -0.15) is 0 Å². The summed E-state index contributed by atoms with van der Waals surface area (Å²) >= 11 is 15.1. The smallest absolute Gasteiger partial charge is 0.263 e. The fraction of sp³-hybridized carbons (Fsp3) is 0.0833. The van der Waals surface area contributed by atoms with E-state index in [1.807, 2.05) is 0 Å².